The molecular weight excluding hydrogens is 364 g/mol. The number of alkyl halides is 2. The predicted octanol–water partition coefficient (Wildman–Crippen LogP) is 4.32. The van der Waals surface area contributed by atoms with Crippen molar-refractivity contribution in [2.24, 2.45) is 0 Å². The third-order valence-electron chi connectivity index (χ3n) is 3.43. The molecule has 0 saturated heterocycles. The van der Waals surface area contributed by atoms with Gasteiger partial charge in [-0.25, -0.2) is 0 Å². The van der Waals surface area contributed by atoms with Gasteiger partial charge < -0.3 is 14.8 Å². The lowest BCUT2D eigenvalue weighted by Gasteiger charge is -2.10. The van der Waals surface area contributed by atoms with Crippen molar-refractivity contribution in [3.8, 4) is 11.5 Å². The number of amides is 1. The van der Waals surface area contributed by atoms with Crippen molar-refractivity contribution in [2.45, 2.75) is 13.0 Å². The van der Waals surface area contributed by atoms with Crippen molar-refractivity contribution >= 4 is 23.6 Å². The normalized spacial score (nSPS) is 11.0. The minimum atomic E-state index is -2.93. The van der Waals surface area contributed by atoms with Crippen LogP contribution in [0, 0.1) is 0 Å². The van der Waals surface area contributed by atoms with E-state index >= 15 is 0 Å². The van der Waals surface area contributed by atoms with E-state index in [4.69, 9.17) is 16.3 Å². The zero-order valence-corrected chi connectivity index (χ0v) is 14.8. The molecule has 0 bridgehead atoms. The smallest absolute Gasteiger partial charge is 0.387 e. The van der Waals surface area contributed by atoms with Crippen LogP contribution in [0.5, 0.6) is 11.5 Å². The molecule has 0 saturated carbocycles. The van der Waals surface area contributed by atoms with Gasteiger partial charge >= 0.3 is 6.61 Å². The summed E-state index contributed by atoms with van der Waals surface area (Å²) in [4.78, 5) is 11.9. The zero-order chi connectivity index (χ0) is 18.9. The van der Waals surface area contributed by atoms with Gasteiger partial charge in [-0.1, -0.05) is 29.8 Å². The number of hydrogen-bond donors (Lipinski definition) is 1. The summed E-state index contributed by atoms with van der Waals surface area (Å²) in [7, 11) is 1.35. The first-order valence-corrected chi connectivity index (χ1v) is 8.19. The number of halogens is 3. The van der Waals surface area contributed by atoms with Crippen LogP contribution in [0.1, 0.15) is 11.1 Å². The Morgan fingerprint density at radius 3 is 2.73 bits per heavy atom. The number of ether oxygens (including phenoxy) is 2. The van der Waals surface area contributed by atoms with Crippen molar-refractivity contribution in [3.63, 3.8) is 0 Å². The molecule has 0 aliphatic rings. The quantitative estimate of drug-likeness (QED) is 0.693. The Bertz CT molecular complexity index is 781. The Labute approximate surface area is 155 Å². The third-order valence-corrected chi connectivity index (χ3v) is 3.67. The van der Waals surface area contributed by atoms with E-state index in [0.717, 1.165) is 5.56 Å². The lowest BCUT2D eigenvalue weighted by Crippen LogP contribution is -2.23. The van der Waals surface area contributed by atoms with Gasteiger partial charge in [0.05, 0.1) is 7.11 Å². The van der Waals surface area contributed by atoms with E-state index in [0.29, 0.717) is 23.6 Å². The molecule has 0 aliphatic carbocycles. The predicted molar refractivity (Wildman–Crippen MR) is 96.8 cm³/mol. The first-order valence-electron chi connectivity index (χ1n) is 7.81. The molecule has 1 amide bonds. The molecule has 26 heavy (non-hydrogen) atoms. The van der Waals surface area contributed by atoms with Gasteiger partial charge in [0.25, 0.3) is 0 Å². The fraction of sp³-hybridized carbons (Fsp3) is 0.211. The van der Waals surface area contributed by atoms with Crippen LogP contribution in [0.25, 0.3) is 6.08 Å². The van der Waals surface area contributed by atoms with Crippen molar-refractivity contribution in [1.82, 2.24) is 5.32 Å². The highest BCUT2D eigenvalue weighted by Gasteiger charge is 2.10. The van der Waals surface area contributed by atoms with Crippen LogP contribution in [0.3, 0.4) is 0 Å². The maximum absolute atomic E-state index is 12.3. The van der Waals surface area contributed by atoms with E-state index in [1.807, 2.05) is 18.2 Å². The fourth-order valence-corrected chi connectivity index (χ4v) is 2.45. The Kier molecular flexibility index (Phi) is 7.41. The van der Waals surface area contributed by atoms with E-state index in [2.05, 4.69) is 10.1 Å². The molecule has 2 rings (SSSR count). The highest BCUT2D eigenvalue weighted by molar-refractivity contribution is 6.30. The average Bonchev–Trinajstić information content (AvgIpc) is 2.60. The van der Waals surface area contributed by atoms with Crippen molar-refractivity contribution < 1.29 is 23.0 Å². The Morgan fingerprint density at radius 1 is 1.23 bits per heavy atom. The summed E-state index contributed by atoms with van der Waals surface area (Å²) in [5.41, 5.74) is 1.65. The summed E-state index contributed by atoms with van der Waals surface area (Å²) in [6, 6.07) is 11.8. The maximum atomic E-state index is 12.3. The molecule has 0 aromatic heterocycles. The summed E-state index contributed by atoms with van der Waals surface area (Å²) in [5.74, 6) is -0.168. The van der Waals surface area contributed by atoms with Gasteiger partial charge in [-0.15, -0.1) is 0 Å². The minimum absolute atomic E-state index is 0.0642. The fourth-order valence-electron chi connectivity index (χ4n) is 2.23. The summed E-state index contributed by atoms with van der Waals surface area (Å²) < 4.78 is 34.0. The monoisotopic (exact) mass is 381 g/mol. The van der Waals surface area contributed by atoms with E-state index in [1.54, 1.807) is 18.2 Å². The number of nitrogens with one attached hydrogen (secondary N) is 1. The first kappa shape index (κ1) is 19.7. The lowest BCUT2D eigenvalue weighted by molar-refractivity contribution is -0.116. The average molecular weight is 382 g/mol. The van der Waals surface area contributed by atoms with E-state index in [9.17, 15) is 13.6 Å². The molecule has 0 aliphatic heterocycles. The van der Waals surface area contributed by atoms with Crippen LogP contribution in [0.2, 0.25) is 5.02 Å². The second-order valence-corrected chi connectivity index (χ2v) is 5.73. The van der Waals surface area contributed by atoms with Gasteiger partial charge in [-0.05, 0) is 47.9 Å². The van der Waals surface area contributed by atoms with Crippen molar-refractivity contribution in [3.05, 3.63) is 64.7 Å². The second kappa shape index (κ2) is 9.77. The van der Waals surface area contributed by atoms with Gasteiger partial charge in [0.2, 0.25) is 5.91 Å². The molecule has 1 N–H and O–H groups in total. The molecular formula is C19H18ClF2NO3. The van der Waals surface area contributed by atoms with Gasteiger partial charge in [0.15, 0.2) is 11.5 Å². The molecule has 138 valence electrons. The minimum Gasteiger partial charge on any atom is -0.493 e. The zero-order valence-electron chi connectivity index (χ0n) is 14.0. The second-order valence-electron chi connectivity index (χ2n) is 5.29. The van der Waals surface area contributed by atoms with Crippen LogP contribution < -0.4 is 14.8 Å². The number of benzene rings is 2. The summed E-state index contributed by atoms with van der Waals surface area (Å²) in [6.07, 6.45) is 3.58. The number of carbonyl (C=O) groups excluding carboxylic acids is 1. The summed E-state index contributed by atoms with van der Waals surface area (Å²) in [6.45, 7) is -2.47. The number of hydrogen-bond acceptors (Lipinski definition) is 3. The molecule has 0 fully saturated rings. The molecule has 0 heterocycles. The summed E-state index contributed by atoms with van der Waals surface area (Å²) in [5, 5.41) is 3.42. The molecule has 0 atom stereocenters. The first-order chi connectivity index (χ1) is 12.5. The van der Waals surface area contributed by atoms with Gasteiger partial charge in [0, 0.05) is 17.6 Å². The number of methoxy groups -OCH3 is 1. The number of rotatable bonds is 8. The Hall–Kier alpha value is -2.60. The molecule has 0 radical (unpaired) electrons. The van der Waals surface area contributed by atoms with Crippen LogP contribution in [0.15, 0.2) is 48.5 Å². The van der Waals surface area contributed by atoms with Crippen molar-refractivity contribution in [2.75, 3.05) is 13.7 Å². The van der Waals surface area contributed by atoms with Gasteiger partial charge in [-0.2, -0.15) is 8.78 Å². The van der Waals surface area contributed by atoms with E-state index in [-0.39, 0.29) is 17.4 Å². The Morgan fingerprint density at radius 2 is 2.04 bits per heavy atom. The topological polar surface area (TPSA) is 47.6 Å². The van der Waals surface area contributed by atoms with Crippen LogP contribution in [-0.2, 0) is 11.2 Å². The van der Waals surface area contributed by atoms with Gasteiger partial charge in [0.1, 0.15) is 0 Å². The molecule has 7 heteroatoms. The summed E-state index contributed by atoms with van der Waals surface area (Å²) >= 11 is 5.91. The van der Waals surface area contributed by atoms with Crippen LogP contribution >= 0.6 is 11.6 Å². The number of carbonyl (C=O) groups is 1. The molecule has 2 aromatic carbocycles. The lowest BCUT2D eigenvalue weighted by atomic mass is 10.1. The molecule has 2 aromatic rings. The Balaban J connectivity index is 1.88. The van der Waals surface area contributed by atoms with Gasteiger partial charge in [-0.3, -0.25) is 4.79 Å². The highest BCUT2D eigenvalue weighted by Crippen LogP contribution is 2.29. The largest absolute Gasteiger partial charge is 0.493 e. The highest BCUT2D eigenvalue weighted by atomic mass is 35.5. The van der Waals surface area contributed by atoms with Crippen LogP contribution in [0.4, 0.5) is 8.78 Å². The SMILES string of the molecule is COc1cc(/C=C/C(=O)NCCc2cccc(Cl)c2)ccc1OC(F)F. The van der Waals surface area contributed by atoms with E-state index < -0.39 is 6.61 Å². The molecule has 0 spiro atoms. The standard InChI is InChI=1S/C19H18ClF2NO3/c1-25-17-12-14(5-7-16(17)26-19(21)22)6-8-18(24)23-10-9-13-3-2-4-15(20)11-13/h2-8,11-12,19H,9-10H2,1H3,(H,23,24)/b8-6+. The van der Waals surface area contributed by atoms with Crippen LogP contribution in [-0.4, -0.2) is 26.2 Å². The van der Waals surface area contributed by atoms with Crippen molar-refractivity contribution in [1.29, 1.82) is 0 Å². The third kappa shape index (κ3) is 6.37. The molecule has 4 nitrogen and oxygen atoms in total. The maximum Gasteiger partial charge on any atom is 0.387 e. The molecule has 0 unspecified atom stereocenters. The van der Waals surface area contributed by atoms with E-state index in [1.165, 1.54) is 25.3 Å².